The molecule has 0 bridgehead atoms. The predicted octanol–water partition coefficient (Wildman–Crippen LogP) is 2.30. The van der Waals surface area contributed by atoms with Crippen molar-refractivity contribution in [3.05, 3.63) is 23.4 Å². The Morgan fingerprint density at radius 2 is 2.00 bits per heavy atom. The summed E-state index contributed by atoms with van der Waals surface area (Å²) in [6.45, 7) is 0.105. The van der Waals surface area contributed by atoms with Crippen molar-refractivity contribution in [2.24, 2.45) is 5.73 Å². The monoisotopic (exact) mass is 303 g/mol. The van der Waals surface area contributed by atoms with Gasteiger partial charge in [0.2, 0.25) is 0 Å². The number of hydrogen-bond acceptors (Lipinski definition) is 4. The number of anilines is 1. The van der Waals surface area contributed by atoms with Crippen molar-refractivity contribution in [1.82, 2.24) is 4.98 Å². The molecule has 2 unspecified atom stereocenters. The zero-order valence-corrected chi connectivity index (χ0v) is 11.9. The predicted molar refractivity (Wildman–Crippen MR) is 73.8 cm³/mol. The number of aliphatic hydroxyl groups excluding tert-OH is 1. The molecule has 1 saturated carbocycles. The summed E-state index contributed by atoms with van der Waals surface area (Å²) in [5.41, 5.74) is 5.21. The average Bonchev–Trinajstić information content (AvgIpc) is 2.45. The summed E-state index contributed by atoms with van der Waals surface area (Å²) in [6, 6.07) is 2.08. The van der Waals surface area contributed by atoms with E-state index in [1.165, 1.54) is 6.07 Å². The summed E-state index contributed by atoms with van der Waals surface area (Å²) in [4.78, 5) is 5.37. The van der Waals surface area contributed by atoms with Crippen molar-refractivity contribution in [3.63, 3.8) is 0 Å². The molecule has 1 aliphatic carbocycles. The maximum atomic E-state index is 12.8. The Morgan fingerprint density at radius 1 is 1.33 bits per heavy atom. The summed E-state index contributed by atoms with van der Waals surface area (Å²) >= 11 is 0. The fourth-order valence-electron chi connectivity index (χ4n) is 2.80. The second-order valence-electron chi connectivity index (χ2n) is 5.41. The number of rotatable bonds is 3. The quantitative estimate of drug-likeness (QED) is 0.899. The fraction of sp³-hybridized carbons (Fsp3) is 0.643. The van der Waals surface area contributed by atoms with Crippen LogP contribution in [-0.2, 0) is 12.7 Å². The molecular weight excluding hydrogens is 283 g/mol. The topological polar surface area (TPSA) is 62.4 Å². The molecule has 4 nitrogen and oxygen atoms in total. The van der Waals surface area contributed by atoms with Crippen molar-refractivity contribution < 1.29 is 18.3 Å². The molecule has 1 aromatic heterocycles. The number of aliphatic hydroxyl groups is 1. The van der Waals surface area contributed by atoms with Crippen LogP contribution in [0, 0.1) is 0 Å². The summed E-state index contributed by atoms with van der Waals surface area (Å²) in [5, 5.41) is 10.1. The van der Waals surface area contributed by atoms with Crippen LogP contribution in [0.25, 0.3) is 0 Å². The zero-order valence-electron chi connectivity index (χ0n) is 11.9. The van der Waals surface area contributed by atoms with Crippen molar-refractivity contribution in [3.8, 4) is 0 Å². The van der Waals surface area contributed by atoms with Gasteiger partial charge in [0.1, 0.15) is 11.5 Å². The molecule has 118 valence electrons. The smallest absolute Gasteiger partial charge is 0.391 e. The van der Waals surface area contributed by atoms with Crippen LogP contribution in [-0.4, -0.2) is 29.3 Å². The summed E-state index contributed by atoms with van der Waals surface area (Å²) < 4.78 is 38.5. The molecule has 1 aliphatic rings. The van der Waals surface area contributed by atoms with Crippen molar-refractivity contribution >= 4 is 5.82 Å². The van der Waals surface area contributed by atoms with Gasteiger partial charge in [-0.3, -0.25) is 0 Å². The minimum Gasteiger partial charge on any atom is -0.391 e. The van der Waals surface area contributed by atoms with Crippen LogP contribution < -0.4 is 10.6 Å². The first-order valence-corrected chi connectivity index (χ1v) is 7.02. The molecule has 7 heteroatoms. The standard InChI is InChI=1S/C14H20F3N3O/c1-20(10-4-2-3-5-11(10)21)13-9(8-18)6-7-12(19-13)14(15,16)17/h6-7,10-11,21H,2-5,8,18H2,1H3. The lowest BCUT2D eigenvalue weighted by Crippen LogP contribution is -2.44. The lowest BCUT2D eigenvalue weighted by molar-refractivity contribution is -0.141. The highest BCUT2D eigenvalue weighted by Gasteiger charge is 2.34. The molecule has 1 heterocycles. The van der Waals surface area contributed by atoms with Crippen LogP contribution in [0.15, 0.2) is 12.1 Å². The molecule has 0 aromatic carbocycles. The van der Waals surface area contributed by atoms with E-state index < -0.39 is 18.0 Å². The normalized spacial score (nSPS) is 23.1. The van der Waals surface area contributed by atoms with Gasteiger partial charge in [-0.25, -0.2) is 4.98 Å². The zero-order chi connectivity index (χ0) is 15.6. The van der Waals surface area contributed by atoms with Crippen LogP contribution >= 0.6 is 0 Å². The van der Waals surface area contributed by atoms with E-state index in [9.17, 15) is 18.3 Å². The summed E-state index contributed by atoms with van der Waals surface area (Å²) in [7, 11) is 1.67. The van der Waals surface area contributed by atoms with E-state index in [1.54, 1.807) is 11.9 Å². The van der Waals surface area contributed by atoms with Gasteiger partial charge < -0.3 is 15.7 Å². The van der Waals surface area contributed by atoms with Gasteiger partial charge in [0.05, 0.1) is 12.1 Å². The van der Waals surface area contributed by atoms with Crippen LogP contribution in [0.4, 0.5) is 19.0 Å². The molecule has 2 atom stereocenters. The molecule has 0 radical (unpaired) electrons. The Bertz CT molecular complexity index is 493. The lowest BCUT2D eigenvalue weighted by Gasteiger charge is -2.36. The van der Waals surface area contributed by atoms with Crippen LogP contribution in [0.5, 0.6) is 0 Å². The van der Waals surface area contributed by atoms with E-state index in [0.29, 0.717) is 12.0 Å². The summed E-state index contributed by atoms with van der Waals surface area (Å²) in [6.07, 6.45) is -1.76. The van der Waals surface area contributed by atoms with Gasteiger partial charge in [0.25, 0.3) is 0 Å². The van der Waals surface area contributed by atoms with Gasteiger partial charge in [-0.1, -0.05) is 18.9 Å². The van der Waals surface area contributed by atoms with E-state index >= 15 is 0 Å². The van der Waals surface area contributed by atoms with E-state index in [0.717, 1.165) is 25.3 Å². The van der Waals surface area contributed by atoms with E-state index in [1.807, 2.05) is 0 Å². The highest BCUT2D eigenvalue weighted by molar-refractivity contribution is 5.48. The maximum absolute atomic E-state index is 12.8. The van der Waals surface area contributed by atoms with Gasteiger partial charge in [0, 0.05) is 19.2 Å². The average molecular weight is 303 g/mol. The number of pyridine rings is 1. The largest absolute Gasteiger partial charge is 0.433 e. The van der Waals surface area contributed by atoms with Gasteiger partial charge in [0.15, 0.2) is 0 Å². The third-order valence-electron chi connectivity index (χ3n) is 3.99. The van der Waals surface area contributed by atoms with E-state index in [2.05, 4.69) is 4.98 Å². The molecule has 0 saturated heterocycles. The molecule has 1 aromatic rings. The Hall–Kier alpha value is -1.34. The number of nitrogens with zero attached hydrogens (tertiary/aromatic N) is 2. The van der Waals surface area contributed by atoms with Gasteiger partial charge in [-0.15, -0.1) is 0 Å². The fourth-order valence-corrected chi connectivity index (χ4v) is 2.80. The lowest BCUT2D eigenvalue weighted by atomic mass is 9.91. The third kappa shape index (κ3) is 3.47. The van der Waals surface area contributed by atoms with Crippen molar-refractivity contribution in [1.29, 1.82) is 0 Å². The molecule has 0 amide bonds. The second-order valence-corrected chi connectivity index (χ2v) is 5.41. The van der Waals surface area contributed by atoms with Gasteiger partial charge >= 0.3 is 6.18 Å². The Kier molecular flexibility index (Phi) is 4.73. The summed E-state index contributed by atoms with van der Waals surface area (Å²) in [5.74, 6) is 0.207. The molecule has 2 rings (SSSR count). The van der Waals surface area contributed by atoms with E-state index in [-0.39, 0.29) is 18.4 Å². The molecule has 3 N–H and O–H groups in total. The molecular formula is C14H20F3N3O. The highest BCUT2D eigenvalue weighted by Crippen LogP contribution is 2.32. The van der Waals surface area contributed by atoms with E-state index in [4.69, 9.17) is 5.73 Å². The minimum atomic E-state index is -4.49. The minimum absolute atomic E-state index is 0.105. The molecule has 0 aliphatic heterocycles. The SMILES string of the molecule is CN(c1nc(C(F)(F)F)ccc1CN)C1CCCCC1O. The van der Waals surface area contributed by atoms with Crippen LogP contribution in [0.1, 0.15) is 36.9 Å². The maximum Gasteiger partial charge on any atom is 0.433 e. The van der Waals surface area contributed by atoms with Crippen LogP contribution in [0.3, 0.4) is 0 Å². The first-order chi connectivity index (χ1) is 9.84. The molecule has 1 fully saturated rings. The Morgan fingerprint density at radius 3 is 2.57 bits per heavy atom. The van der Waals surface area contributed by atoms with Crippen LogP contribution in [0.2, 0.25) is 0 Å². The molecule has 21 heavy (non-hydrogen) atoms. The first-order valence-electron chi connectivity index (χ1n) is 7.02. The number of alkyl halides is 3. The number of halogens is 3. The molecule has 0 spiro atoms. The Balaban J connectivity index is 2.35. The van der Waals surface area contributed by atoms with Crippen molar-refractivity contribution in [2.75, 3.05) is 11.9 Å². The van der Waals surface area contributed by atoms with Gasteiger partial charge in [-0.2, -0.15) is 13.2 Å². The first kappa shape index (κ1) is 16.0. The number of likely N-dealkylation sites (N-methyl/N-ethyl adjacent to an activating group) is 1. The second kappa shape index (κ2) is 6.19. The highest BCUT2D eigenvalue weighted by atomic mass is 19.4. The third-order valence-corrected chi connectivity index (χ3v) is 3.99. The number of hydrogen-bond donors (Lipinski definition) is 2. The van der Waals surface area contributed by atoms with Gasteiger partial charge in [-0.05, 0) is 18.9 Å². The number of nitrogens with two attached hydrogens (primary N) is 1. The van der Waals surface area contributed by atoms with Crippen molar-refractivity contribution in [2.45, 2.75) is 50.6 Å². The Labute approximate surface area is 121 Å². The number of aromatic nitrogens is 1.